The molecule has 1 fully saturated rings. The van der Waals surface area contributed by atoms with E-state index in [1.54, 1.807) is 6.07 Å². The summed E-state index contributed by atoms with van der Waals surface area (Å²) in [6, 6.07) is 12.2. The number of hydrogen-bond donors (Lipinski definition) is 1. The number of rotatable bonds is 4. The van der Waals surface area contributed by atoms with Gasteiger partial charge in [0.05, 0.1) is 0 Å². The van der Waals surface area contributed by atoms with Gasteiger partial charge in [-0.3, -0.25) is 0 Å². The molecule has 104 valence electrons. The third kappa shape index (κ3) is 3.29. The van der Waals surface area contributed by atoms with Crippen LogP contribution in [-0.2, 0) is 6.54 Å². The van der Waals surface area contributed by atoms with Crippen molar-refractivity contribution in [2.45, 2.75) is 25.4 Å². The van der Waals surface area contributed by atoms with Crippen LogP contribution in [0.25, 0.3) is 11.1 Å². The van der Waals surface area contributed by atoms with Crippen molar-refractivity contribution < 1.29 is 0 Å². The average Bonchev–Trinajstić information content (AvgIpc) is 3.22. The number of nitrogens with one attached hydrogen (secondary N) is 1. The van der Waals surface area contributed by atoms with Crippen molar-refractivity contribution in [3.05, 3.63) is 57.0 Å². The van der Waals surface area contributed by atoms with Crippen LogP contribution >= 0.6 is 34.8 Å². The maximum Gasteiger partial charge on any atom is 0.0499 e. The molecule has 0 atom stereocenters. The summed E-state index contributed by atoms with van der Waals surface area (Å²) in [5.74, 6) is 0. The van der Waals surface area contributed by atoms with E-state index in [4.69, 9.17) is 34.8 Å². The fraction of sp³-hybridized carbons (Fsp3) is 0.250. The number of halogens is 3. The van der Waals surface area contributed by atoms with Gasteiger partial charge in [0.15, 0.2) is 0 Å². The minimum absolute atomic E-state index is 0.642. The molecule has 4 heteroatoms. The van der Waals surface area contributed by atoms with Crippen LogP contribution in [-0.4, -0.2) is 6.04 Å². The van der Waals surface area contributed by atoms with Crippen LogP contribution < -0.4 is 5.32 Å². The molecule has 0 spiro atoms. The van der Waals surface area contributed by atoms with Crippen LogP contribution in [0.1, 0.15) is 18.4 Å². The summed E-state index contributed by atoms with van der Waals surface area (Å²) in [6.07, 6.45) is 2.53. The van der Waals surface area contributed by atoms with E-state index in [-0.39, 0.29) is 0 Å². The average molecular weight is 327 g/mol. The van der Waals surface area contributed by atoms with Gasteiger partial charge in [-0.2, -0.15) is 0 Å². The molecule has 1 aliphatic rings. The zero-order chi connectivity index (χ0) is 14.1. The van der Waals surface area contributed by atoms with Crippen molar-refractivity contribution in [3.8, 4) is 11.1 Å². The Balaban J connectivity index is 1.90. The van der Waals surface area contributed by atoms with Gasteiger partial charge >= 0.3 is 0 Å². The molecule has 20 heavy (non-hydrogen) atoms. The molecule has 1 aliphatic carbocycles. The van der Waals surface area contributed by atoms with E-state index in [2.05, 4.69) is 11.4 Å². The molecule has 3 rings (SSSR count). The third-order valence-corrected chi connectivity index (χ3v) is 4.36. The first-order valence-corrected chi connectivity index (χ1v) is 7.74. The summed E-state index contributed by atoms with van der Waals surface area (Å²) in [7, 11) is 0. The summed E-state index contributed by atoms with van der Waals surface area (Å²) >= 11 is 18.5. The maximum atomic E-state index is 6.26. The summed E-state index contributed by atoms with van der Waals surface area (Å²) in [4.78, 5) is 0. The van der Waals surface area contributed by atoms with E-state index in [1.165, 1.54) is 12.8 Å². The molecule has 0 unspecified atom stereocenters. The molecule has 0 heterocycles. The highest BCUT2D eigenvalue weighted by molar-refractivity contribution is 6.36. The zero-order valence-electron chi connectivity index (χ0n) is 10.8. The Hall–Kier alpha value is -0.730. The van der Waals surface area contributed by atoms with Gasteiger partial charge in [-0.1, -0.05) is 46.9 Å². The fourth-order valence-electron chi connectivity index (χ4n) is 2.14. The first-order chi connectivity index (χ1) is 9.63. The standard InChI is InChI=1S/C16H14Cl3N/c17-12-2-5-14(16(19)8-12)10-1-6-15(18)11(7-10)9-20-13-3-4-13/h1-2,5-8,13,20H,3-4,9H2. The lowest BCUT2D eigenvalue weighted by molar-refractivity contribution is 0.688. The largest absolute Gasteiger partial charge is 0.310 e. The molecule has 2 aromatic rings. The van der Waals surface area contributed by atoms with Crippen LogP contribution in [0.2, 0.25) is 15.1 Å². The molecule has 2 aromatic carbocycles. The Morgan fingerprint density at radius 3 is 2.45 bits per heavy atom. The minimum atomic E-state index is 0.642. The number of hydrogen-bond acceptors (Lipinski definition) is 1. The summed E-state index contributed by atoms with van der Waals surface area (Å²) in [5.41, 5.74) is 3.13. The van der Waals surface area contributed by atoms with E-state index in [9.17, 15) is 0 Å². The SMILES string of the molecule is Clc1ccc(-c2ccc(Cl)c(CNC3CC3)c2)c(Cl)c1. The lowest BCUT2D eigenvalue weighted by atomic mass is 10.0. The van der Waals surface area contributed by atoms with Crippen molar-refractivity contribution in [1.29, 1.82) is 0 Å². The Morgan fingerprint density at radius 1 is 0.950 bits per heavy atom. The fourth-order valence-corrected chi connectivity index (χ4v) is 2.85. The van der Waals surface area contributed by atoms with Gasteiger partial charge in [0.1, 0.15) is 0 Å². The summed E-state index contributed by atoms with van der Waals surface area (Å²) in [5, 5.41) is 5.56. The van der Waals surface area contributed by atoms with E-state index < -0.39 is 0 Å². The molecular weight excluding hydrogens is 313 g/mol. The van der Waals surface area contributed by atoms with Gasteiger partial charge in [0, 0.05) is 33.2 Å². The second kappa shape index (κ2) is 5.95. The third-order valence-electron chi connectivity index (χ3n) is 3.45. The lowest BCUT2D eigenvalue weighted by Gasteiger charge is -2.10. The van der Waals surface area contributed by atoms with Gasteiger partial charge in [0.25, 0.3) is 0 Å². The first-order valence-electron chi connectivity index (χ1n) is 6.61. The molecule has 1 nitrogen and oxygen atoms in total. The highest BCUT2D eigenvalue weighted by atomic mass is 35.5. The van der Waals surface area contributed by atoms with Crippen molar-refractivity contribution >= 4 is 34.8 Å². The van der Waals surface area contributed by atoms with Gasteiger partial charge < -0.3 is 5.32 Å². The van der Waals surface area contributed by atoms with Crippen molar-refractivity contribution in [2.24, 2.45) is 0 Å². The molecule has 1 N–H and O–H groups in total. The predicted octanol–water partition coefficient (Wildman–Crippen LogP) is 5.57. The molecular formula is C16H14Cl3N. The molecule has 0 radical (unpaired) electrons. The summed E-state index contributed by atoms with van der Waals surface area (Å²) in [6.45, 7) is 0.794. The van der Waals surface area contributed by atoms with Crippen LogP contribution in [0.15, 0.2) is 36.4 Å². The normalized spacial score (nSPS) is 14.6. The molecule has 0 aliphatic heterocycles. The zero-order valence-corrected chi connectivity index (χ0v) is 13.1. The number of benzene rings is 2. The highest BCUT2D eigenvalue weighted by Gasteiger charge is 2.20. The first kappa shape index (κ1) is 14.2. The molecule has 0 amide bonds. The summed E-state index contributed by atoms with van der Waals surface area (Å²) < 4.78 is 0. The quantitative estimate of drug-likeness (QED) is 0.775. The second-order valence-corrected chi connectivity index (χ2v) is 6.34. The Kier molecular flexibility index (Phi) is 4.23. The van der Waals surface area contributed by atoms with Gasteiger partial charge in [-0.05, 0) is 48.2 Å². The van der Waals surface area contributed by atoms with Crippen LogP contribution in [0.4, 0.5) is 0 Å². The molecule has 0 saturated heterocycles. The Labute approximate surface area is 133 Å². The van der Waals surface area contributed by atoms with E-state index >= 15 is 0 Å². The van der Waals surface area contributed by atoms with Gasteiger partial charge in [-0.15, -0.1) is 0 Å². The molecule has 0 bridgehead atoms. The van der Waals surface area contributed by atoms with Crippen LogP contribution in [0.3, 0.4) is 0 Å². The maximum absolute atomic E-state index is 6.26. The molecule has 1 saturated carbocycles. The van der Waals surface area contributed by atoms with Crippen molar-refractivity contribution in [2.75, 3.05) is 0 Å². The van der Waals surface area contributed by atoms with E-state index in [0.717, 1.165) is 28.3 Å². The minimum Gasteiger partial charge on any atom is -0.310 e. The van der Waals surface area contributed by atoms with E-state index in [1.807, 2.05) is 24.3 Å². The van der Waals surface area contributed by atoms with Gasteiger partial charge in [-0.25, -0.2) is 0 Å². The van der Waals surface area contributed by atoms with Crippen LogP contribution in [0.5, 0.6) is 0 Å². The molecule has 0 aromatic heterocycles. The smallest absolute Gasteiger partial charge is 0.0499 e. The van der Waals surface area contributed by atoms with Crippen molar-refractivity contribution in [3.63, 3.8) is 0 Å². The monoisotopic (exact) mass is 325 g/mol. The topological polar surface area (TPSA) is 12.0 Å². The lowest BCUT2D eigenvalue weighted by Crippen LogP contribution is -2.15. The van der Waals surface area contributed by atoms with Gasteiger partial charge in [0.2, 0.25) is 0 Å². The Bertz CT molecular complexity index is 636. The van der Waals surface area contributed by atoms with Crippen molar-refractivity contribution in [1.82, 2.24) is 5.32 Å². The second-order valence-electron chi connectivity index (χ2n) is 5.09. The highest BCUT2D eigenvalue weighted by Crippen LogP contribution is 2.32. The van der Waals surface area contributed by atoms with E-state index in [0.29, 0.717) is 16.1 Å². The Morgan fingerprint density at radius 2 is 1.75 bits per heavy atom. The predicted molar refractivity (Wildman–Crippen MR) is 86.8 cm³/mol. The van der Waals surface area contributed by atoms with Crippen LogP contribution in [0, 0.1) is 0 Å².